The van der Waals surface area contributed by atoms with Crippen molar-refractivity contribution in [1.29, 1.82) is 0 Å². The molecular weight excluding hydrogens is 261 g/mol. The molecular formula is C11H13F3N4O. The molecule has 0 aliphatic heterocycles. The van der Waals surface area contributed by atoms with Gasteiger partial charge in [0.15, 0.2) is 0 Å². The maximum atomic E-state index is 12.5. The SMILES string of the molecule is CNc1cncc(C(=O)N(CC(F)(F)F)C2CC2)n1. The molecule has 1 saturated carbocycles. The molecule has 1 amide bonds. The van der Waals surface area contributed by atoms with Crippen molar-refractivity contribution in [3.63, 3.8) is 0 Å². The van der Waals surface area contributed by atoms with E-state index in [4.69, 9.17) is 0 Å². The molecule has 0 aromatic carbocycles. The highest BCUT2D eigenvalue weighted by Gasteiger charge is 2.41. The van der Waals surface area contributed by atoms with Crippen LogP contribution in [0.2, 0.25) is 0 Å². The molecule has 0 bridgehead atoms. The molecule has 5 nitrogen and oxygen atoms in total. The molecule has 0 radical (unpaired) electrons. The molecule has 0 spiro atoms. The zero-order chi connectivity index (χ0) is 14.0. The van der Waals surface area contributed by atoms with Crippen LogP contribution in [-0.2, 0) is 0 Å². The highest BCUT2D eigenvalue weighted by molar-refractivity contribution is 5.92. The highest BCUT2D eigenvalue weighted by Crippen LogP contribution is 2.31. The Balaban J connectivity index is 2.19. The number of carbonyl (C=O) groups is 1. The highest BCUT2D eigenvalue weighted by atomic mass is 19.4. The second kappa shape index (κ2) is 5.02. The van der Waals surface area contributed by atoms with Gasteiger partial charge in [-0.15, -0.1) is 0 Å². The summed E-state index contributed by atoms with van der Waals surface area (Å²) < 4.78 is 37.4. The van der Waals surface area contributed by atoms with Gasteiger partial charge in [0.1, 0.15) is 18.1 Å². The van der Waals surface area contributed by atoms with Crippen LogP contribution in [0.3, 0.4) is 0 Å². The molecule has 1 aromatic heterocycles. The van der Waals surface area contributed by atoms with Gasteiger partial charge in [-0.1, -0.05) is 0 Å². The van der Waals surface area contributed by atoms with E-state index in [1.807, 2.05) is 0 Å². The van der Waals surface area contributed by atoms with Crippen molar-refractivity contribution in [2.45, 2.75) is 25.1 Å². The maximum Gasteiger partial charge on any atom is 0.406 e. The van der Waals surface area contributed by atoms with Crippen LogP contribution in [-0.4, -0.2) is 46.6 Å². The lowest BCUT2D eigenvalue weighted by Crippen LogP contribution is -2.40. The summed E-state index contributed by atoms with van der Waals surface area (Å²) in [7, 11) is 1.59. The second-order valence-electron chi connectivity index (χ2n) is 4.32. The lowest BCUT2D eigenvalue weighted by molar-refractivity contribution is -0.141. The Bertz CT molecular complexity index is 473. The van der Waals surface area contributed by atoms with E-state index in [1.54, 1.807) is 7.05 Å². The number of amides is 1. The van der Waals surface area contributed by atoms with E-state index in [0.29, 0.717) is 18.7 Å². The third kappa shape index (κ3) is 3.55. The first-order valence-corrected chi connectivity index (χ1v) is 5.78. The summed E-state index contributed by atoms with van der Waals surface area (Å²) in [6, 6.07) is -0.339. The number of nitrogens with zero attached hydrogens (tertiary/aromatic N) is 3. The van der Waals surface area contributed by atoms with Gasteiger partial charge in [0.05, 0.1) is 12.4 Å². The van der Waals surface area contributed by atoms with E-state index in [9.17, 15) is 18.0 Å². The lowest BCUT2D eigenvalue weighted by Gasteiger charge is -2.23. The standard InChI is InChI=1S/C11H13F3N4O/c1-15-9-5-16-4-8(17-9)10(19)18(7-2-3-7)6-11(12,13)14/h4-5,7H,2-3,6H2,1H3,(H,15,17). The molecule has 104 valence electrons. The summed E-state index contributed by atoms with van der Waals surface area (Å²) in [4.78, 5) is 20.6. The fraction of sp³-hybridized carbons (Fsp3) is 0.545. The van der Waals surface area contributed by atoms with Crippen LogP contribution in [0.4, 0.5) is 19.0 Å². The number of hydrogen-bond donors (Lipinski definition) is 1. The van der Waals surface area contributed by atoms with Crippen molar-refractivity contribution >= 4 is 11.7 Å². The minimum absolute atomic E-state index is 0.0806. The van der Waals surface area contributed by atoms with Crippen LogP contribution in [0.1, 0.15) is 23.3 Å². The first-order valence-electron chi connectivity index (χ1n) is 5.78. The minimum Gasteiger partial charge on any atom is -0.372 e. The quantitative estimate of drug-likeness (QED) is 0.907. The number of alkyl halides is 3. The molecule has 1 N–H and O–H groups in total. The number of nitrogens with one attached hydrogen (secondary N) is 1. The van der Waals surface area contributed by atoms with E-state index in [1.165, 1.54) is 12.4 Å². The first kappa shape index (κ1) is 13.6. The Morgan fingerprint density at radius 1 is 1.47 bits per heavy atom. The van der Waals surface area contributed by atoms with E-state index in [-0.39, 0.29) is 11.7 Å². The van der Waals surface area contributed by atoms with E-state index in [2.05, 4.69) is 15.3 Å². The number of hydrogen-bond acceptors (Lipinski definition) is 4. The Kier molecular flexibility index (Phi) is 3.59. The summed E-state index contributed by atoms with van der Waals surface area (Å²) in [5, 5.41) is 2.69. The zero-order valence-electron chi connectivity index (χ0n) is 10.2. The summed E-state index contributed by atoms with van der Waals surface area (Å²) >= 11 is 0. The number of aromatic nitrogens is 2. The summed E-state index contributed by atoms with van der Waals surface area (Å²) in [6.45, 7) is -1.25. The molecule has 1 heterocycles. The molecule has 8 heteroatoms. The topological polar surface area (TPSA) is 58.1 Å². The van der Waals surface area contributed by atoms with Gasteiger partial charge >= 0.3 is 6.18 Å². The Morgan fingerprint density at radius 2 is 2.16 bits per heavy atom. The zero-order valence-corrected chi connectivity index (χ0v) is 10.2. The van der Waals surface area contributed by atoms with Crippen LogP contribution in [0.25, 0.3) is 0 Å². The fourth-order valence-corrected chi connectivity index (χ4v) is 1.68. The van der Waals surface area contributed by atoms with Gasteiger partial charge in [-0.2, -0.15) is 13.2 Å². The number of rotatable bonds is 4. The Morgan fingerprint density at radius 3 is 2.68 bits per heavy atom. The molecule has 0 saturated heterocycles. The van der Waals surface area contributed by atoms with Crippen LogP contribution in [0.5, 0.6) is 0 Å². The van der Waals surface area contributed by atoms with Gasteiger partial charge in [-0.05, 0) is 12.8 Å². The van der Waals surface area contributed by atoms with E-state index >= 15 is 0 Å². The maximum absolute atomic E-state index is 12.5. The van der Waals surface area contributed by atoms with Crippen molar-refractivity contribution in [1.82, 2.24) is 14.9 Å². The average molecular weight is 274 g/mol. The molecule has 0 unspecified atom stereocenters. The normalized spacial score (nSPS) is 15.2. The van der Waals surface area contributed by atoms with Crippen molar-refractivity contribution in [2.24, 2.45) is 0 Å². The van der Waals surface area contributed by atoms with Gasteiger partial charge < -0.3 is 10.2 Å². The van der Waals surface area contributed by atoms with Gasteiger partial charge in [-0.25, -0.2) is 4.98 Å². The number of carbonyl (C=O) groups excluding carboxylic acids is 1. The Labute approximate surface area is 107 Å². The van der Waals surface area contributed by atoms with Crippen molar-refractivity contribution < 1.29 is 18.0 Å². The second-order valence-corrected chi connectivity index (χ2v) is 4.32. The van der Waals surface area contributed by atoms with Crippen LogP contribution < -0.4 is 5.32 Å². The molecule has 19 heavy (non-hydrogen) atoms. The Hall–Kier alpha value is -1.86. The van der Waals surface area contributed by atoms with Crippen LogP contribution >= 0.6 is 0 Å². The molecule has 1 aromatic rings. The smallest absolute Gasteiger partial charge is 0.372 e. The van der Waals surface area contributed by atoms with Crippen molar-refractivity contribution in [3.8, 4) is 0 Å². The number of anilines is 1. The third-order valence-corrected chi connectivity index (χ3v) is 2.71. The van der Waals surface area contributed by atoms with Gasteiger partial charge in [-0.3, -0.25) is 9.78 Å². The molecule has 1 aliphatic rings. The molecule has 1 aliphatic carbocycles. The van der Waals surface area contributed by atoms with E-state index < -0.39 is 18.6 Å². The predicted octanol–water partition coefficient (Wildman–Crippen LogP) is 1.69. The third-order valence-electron chi connectivity index (χ3n) is 2.71. The molecule has 1 fully saturated rings. The first-order chi connectivity index (χ1) is 8.90. The molecule has 0 atom stereocenters. The van der Waals surface area contributed by atoms with Crippen molar-refractivity contribution in [2.75, 3.05) is 18.9 Å². The largest absolute Gasteiger partial charge is 0.406 e. The van der Waals surface area contributed by atoms with Crippen molar-refractivity contribution in [3.05, 3.63) is 18.1 Å². The lowest BCUT2D eigenvalue weighted by atomic mass is 10.3. The summed E-state index contributed by atoms with van der Waals surface area (Å²) in [5.74, 6) is -0.391. The monoisotopic (exact) mass is 274 g/mol. The minimum atomic E-state index is -4.41. The average Bonchev–Trinajstić information content (AvgIpc) is 3.18. The van der Waals surface area contributed by atoms with Gasteiger partial charge in [0.2, 0.25) is 0 Å². The van der Waals surface area contributed by atoms with Gasteiger partial charge in [0.25, 0.3) is 5.91 Å². The molecule has 2 rings (SSSR count). The van der Waals surface area contributed by atoms with Gasteiger partial charge in [0, 0.05) is 13.1 Å². The predicted molar refractivity (Wildman–Crippen MR) is 61.7 cm³/mol. The van der Waals surface area contributed by atoms with Crippen LogP contribution in [0, 0.1) is 0 Å². The van der Waals surface area contributed by atoms with Crippen LogP contribution in [0.15, 0.2) is 12.4 Å². The fourth-order valence-electron chi connectivity index (χ4n) is 1.68. The summed E-state index contributed by atoms with van der Waals surface area (Å²) in [6.07, 6.45) is -0.648. The van der Waals surface area contributed by atoms with E-state index in [0.717, 1.165) is 4.90 Å². The number of halogens is 3. The summed E-state index contributed by atoms with van der Waals surface area (Å²) in [5.41, 5.74) is -0.0806.